The molecule has 1 unspecified atom stereocenters. The van der Waals surface area contributed by atoms with Gasteiger partial charge in [-0.2, -0.15) is 0 Å². The van der Waals surface area contributed by atoms with Gasteiger partial charge in [-0.1, -0.05) is 5.92 Å². The molecule has 0 spiro atoms. The van der Waals surface area contributed by atoms with Gasteiger partial charge in [-0.05, 0) is 12.8 Å². The number of Topliss-reactive ketones (excluding diaryl/α,β-unsaturated/α-hetero) is 1. The second-order valence-corrected chi connectivity index (χ2v) is 2.77. The molecule has 2 heteroatoms. The first-order valence-electron chi connectivity index (χ1n) is 3.88. The highest BCUT2D eigenvalue weighted by Crippen LogP contribution is 2.20. The molecule has 1 rings (SSSR count). The van der Waals surface area contributed by atoms with Crippen molar-refractivity contribution in [2.24, 2.45) is 5.92 Å². The minimum absolute atomic E-state index is 0.128. The Labute approximate surface area is 66.9 Å². The van der Waals surface area contributed by atoms with Gasteiger partial charge >= 0.3 is 0 Å². The third-order valence-electron chi connectivity index (χ3n) is 1.94. The van der Waals surface area contributed by atoms with E-state index in [0.717, 1.165) is 19.3 Å². The number of carbonyl (C=O) groups is 1. The summed E-state index contributed by atoms with van der Waals surface area (Å²) < 4.78 is 5.08. The van der Waals surface area contributed by atoms with E-state index in [9.17, 15) is 4.79 Å². The molecule has 60 valence electrons. The second-order valence-electron chi connectivity index (χ2n) is 2.77. The molecule has 0 radical (unpaired) electrons. The number of carbonyl (C=O) groups excluding carboxylic acids is 1. The fraction of sp³-hybridized carbons (Fsp3) is 0.667. The smallest absolute Gasteiger partial charge is 0.138 e. The standard InChI is InChI=1S/C9H12O2/c1-2-6-11-7-8-4-3-5-9(8)10/h1,8H,3-7H2. The highest BCUT2D eigenvalue weighted by molar-refractivity contribution is 5.82. The van der Waals surface area contributed by atoms with Gasteiger partial charge in [-0.25, -0.2) is 0 Å². The van der Waals surface area contributed by atoms with Crippen molar-refractivity contribution in [2.45, 2.75) is 19.3 Å². The average molecular weight is 152 g/mol. The summed E-state index contributed by atoms with van der Waals surface area (Å²) in [5.74, 6) is 2.84. The van der Waals surface area contributed by atoms with Gasteiger partial charge in [0.1, 0.15) is 12.4 Å². The van der Waals surface area contributed by atoms with E-state index in [0.29, 0.717) is 19.0 Å². The van der Waals surface area contributed by atoms with Crippen LogP contribution in [0.2, 0.25) is 0 Å². The van der Waals surface area contributed by atoms with E-state index in [2.05, 4.69) is 5.92 Å². The lowest BCUT2D eigenvalue weighted by Gasteiger charge is -2.05. The lowest BCUT2D eigenvalue weighted by molar-refractivity contribution is -0.122. The Morgan fingerprint density at radius 1 is 1.73 bits per heavy atom. The van der Waals surface area contributed by atoms with Gasteiger partial charge in [-0.3, -0.25) is 4.79 Å². The van der Waals surface area contributed by atoms with Crippen molar-refractivity contribution >= 4 is 5.78 Å². The van der Waals surface area contributed by atoms with E-state index in [1.807, 2.05) is 0 Å². The summed E-state index contributed by atoms with van der Waals surface area (Å²) in [5.41, 5.74) is 0. The first-order valence-corrected chi connectivity index (χ1v) is 3.88. The Morgan fingerprint density at radius 2 is 2.55 bits per heavy atom. The van der Waals surface area contributed by atoms with E-state index in [-0.39, 0.29) is 5.92 Å². The molecule has 1 aliphatic carbocycles. The number of terminal acetylenes is 1. The van der Waals surface area contributed by atoms with Crippen molar-refractivity contribution in [2.75, 3.05) is 13.2 Å². The van der Waals surface area contributed by atoms with Gasteiger partial charge in [0.05, 0.1) is 6.61 Å². The molecule has 0 aromatic heterocycles. The first kappa shape index (κ1) is 8.29. The number of ether oxygens (including phenoxy) is 1. The summed E-state index contributed by atoms with van der Waals surface area (Å²) in [6.45, 7) is 0.840. The molecule has 0 aromatic rings. The van der Waals surface area contributed by atoms with Crippen molar-refractivity contribution in [1.29, 1.82) is 0 Å². The van der Waals surface area contributed by atoms with Crippen molar-refractivity contribution in [3.63, 3.8) is 0 Å². The summed E-state index contributed by atoms with van der Waals surface area (Å²) in [5, 5.41) is 0. The van der Waals surface area contributed by atoms with Gasteiger partial charge in [0, 0.05) is 12.3 Å². The first-order chi connectivity index (χ1) is 5.34. The van der Waals surface area contributed by atoms with Crippen LogP contribution in [0, 0.1) is 18.3 Å². The van der Waals surface area contributed by atoms with Crippen LogP contribution in [-0.2, 0) is 9.53 Å². The van der Waals surface area contributed by atoms with E-state index in [4.69, 9.17) is 11.2 Å². The Kier molecular flexibility index (Phi) is 3.13. The maximum atomic E-state index is 11.0. The highest BCUT2D eigenvalue weighted by atomic mass is 16.5. The fourth-order valence-electron chi connectivity index (χ4n) is 1.32. The van der Waals surface area contributed by atoms with Crippen molar-refractivity contribution in [3.05, 3.63) is 0 Å². The van der Waals surface area contributed by atoms with Gasteiger partial charge in [0.25, 0.3) is 0 Å². The van der Waals surface area contributed by atoms with Crippen molar-refractivity contribution < 1.29 is 9.53 Å². The number of hydrogen-bond acceptors (Lipinski definition) is 2. The van der Waals surface area contributed by atoms with Gasteiger partial charge in [0.15, 0.2) is 0 Å². The summed E-state index contributed by atoms with van der Waals surface area (Å²) in [4.78, 5) is 11.0. The Hall–Kier alpha value is -0.810. The molecule has 11 heavy (non-hydrogen) atoms. The summed E-state index contributed by atoms with van der Waals surface area (Å²) in [6.07, 6.45) is 7.71. The molecule has 0 N–H and O–H groups in total. The molecule has 0 aromatic carbocycles. The fourth-order valence-corrected chi connectivity index (χ4v) is 1.32. The van der Waals surface area contributed by atoms with Crippen molar-refractivity contribution in [3.8, 4) is 12.3 Å². The normalized spacial score (nSPS) is 23.5. The van der Waals surface area contributed by atoms with Crippen LogP contribution in [0.1, 0.15) is 19.3 Å². The average Bonchev–Trinajstić information content (AvgIpc) is 2.37. The minimum Gasteiger partial charge on any atom is -0.368 e. The zero-order chi connectivity index (χ0) is 8.10. The largest absolute Gasteiger partial charge is 0.368 e. The van der Waals surface area contributed by atoms with E-state index < -0.39 is 0 Å². The second kappa shape index (κ2) is 4.15. The zero-order valence-electron chi connectivity index (χ0n) is 6.51. The topological polar surface area (TPSA) is 26.3 Å². The molecule has 0 aliphatic heterocycles. The van der Waals surface area contributed by atoms with Crippen LogP contribution < -0.4 is 0 Å². The molecular weight excluding hydrogens is 140 g/mol. The van der Waals surface area contributed by atoms with Crippen molar-refractivity contribution in [1.82, 2.24) is 0 Å². The third kappa shape index (κ3) is 2.36. The minimum atomic E-state index is 0.128. The van der Waals surface area contributed by atoms with E-state index >= 15 is 0 Å². The number of hydrogen-bond donors (Lipinski definition) is 0. The number of ketones is 1. The maximum Gasteiger partial charge on any atom is 0.138 e. The van der Waals surface area contributed by atoms with Crippen LogP contribution >= 0.6 is 0 Å². The third-order valence-corrected chi connectivity index (χ3v) is 1.94. The molecule has 0 heterocycles. The van der Waals surface area contributed by atoms with Crippen LogP contribution in [0.3, 0.4) is 0 Å². The van der Waals surface area contributed by atoms with Gasteiger partial charge in [-0.15, -0.1) is 6.42 Å². The number of rotatable bonds is 3. The predicted octanol–water partition coefficient (Wildman–Crippen LogP) is 1.01. The lowest BCUT2D eigenvalue weighted by Crippen LogP contribution is -2.13. The molecular formula is C9H12O2. The summed E-state index contributed by atoms with van der Waals surface area (Å²) >= 11 is 0. The quantitative estimate of drug-likeness (QED) is 0.445. The Bertz CT molecular complexity index is 178. The van der Waals surface area contributed by atoms with Gasteiger partial charge in [0.2, 0.25) is 0 Å². The van der Waals surface area contributed by atoms with Crippen LogP contribution in [0.25, 0.3) is 0 Å². The molecule has 1 saturated carbocycles. The summed E-state index contributed by atoms with van der Waals surface area (Å²) in [6, 6.07) is 0. The van der Waals surface area contributed by atoms with Crippen LogP contribution in [0.4, 0.5) is 0 Å². The molecule has 0 amide bonds. The van der Waals surface area contributed by atoms with E-state index in [1.54, 1.807) is 0 Å². The Morgan fingerprint density at radius 3 is 3.09 bits per heavy atom. The Balaban J connectivity index is 2.16. The lowest BCUT2D eigenvalue weighted by atomic mass is 10.1. The molecule has 1 atom stereocenters. The highest BCUT2D eigenvalue weighted by Gasteiger charge is 2.23. The van der Waals surface area contributed by atoms with Gasteiger partial charge < -0.3 is 4.74 Å². The SMILES string of the molecule is C#CCOCC1CCCC1=O. The molecule has 0 saturated heterocycles. The van der Waals surface area contributed by atoms with Crippen LogP contribution in [-0.4, -0.2) is 19.0 Å². The maximum absolute atomic E-state index is 11.0. The molecule has 1 aliphatic rings. The molecule has 0 bridgehead atoms. The zero-order valence-corrected chi connectivity index (χ0v) is 6.51. The van der Waals surface area contributed by atoms with Crippen LogP contribution in [0.15, 0.2) is 0 Å². The van der Waals surface area contributed by atoms with Crippen LogP contribution in [0.5, 0.6) is 0 Å². The predicted molar refractivity (Wildman–Crippen MR) is 42.0 cm³/mol. The summed E-state index contributed by atoms with van der Waals surface area (Å²) in [7, 11) is 0. The molecule has 1 fully saturated rings. The van der Waals surface area contributed by atoms with E-state index in [1.165, 1.54) is 0 Å². The molecule has 2 nitrogen and oxygen atoms in total. The monoisotopic (exact) mass is 152 g/mol.